The highest BCUT2D eigenvalue weighted by molar-refractivity contribution is 5.71. The molecule has 0 atom stereocenters. The predicted molar refractivity (Wildman–Crippen MR) is 98.1 cm³/mol. The van der Waals surface area contributed by atoms with E-state index in [0.717, 1.165) is 11.1 Å². The second-order valence-corrected chi connectivity index (χ2v) is 5.14. The molecule has 1 nitrogen and oxygen atoms in total. The van der Waals surface area contributed by atoms with Crippen molar-refractivity contribution in [3.05, 3.63) is 83.9 Å². The second-order valence-electron chi connectivity index (χ2n) is 5.14. The lowest BCUT2D eigenvalue weighted by Crippen LogP contribution is -1.82. The molecule has 114 valence electrons. The first-order valence-electron chi connectivity index (χ1n) is 7.94. The van der Waals surface area contributed by atoms with Gasteiger partial charge in [-0.05, 0) is 41.3 Å². The van der Waals surface area contributed by atoms with Crippen molar-refractivity contribution in [2.24, 2.45) is 0 Å². The minimum Gasteiger partial charge on any atom is -0.192 e. The lowest BCUT2D eigenvalue weighted by atomic mass is 9.99. The van der Waals surface area contributed by atoms with Crippen LogP contribution in [0.4, 0.5) is 0 Å². The first-order valence-corrected chi connectivity index (χ1v) is 7.94. The van der Waals surface area contributed by atoms with Crippen molar-refractivity contribution >= 4 is 0 Å². The number of aryl methyl sites for hydroxylation is 1. The summed E-state index contributed by atoms with van der Waals surface area (Å²) in [6, 6.07) is 26.9. The van der Waals surface area contributed by atoms with Crippen LogP contribution >= 0.6 is 0 Å². The molecular formula is C22H21N. The zero-order chi connectivity index (χ0) is 16.7. The van der Waals surface area contributed by atoms with Gasteiger partial charge in [0.1, 0.15) is 0 Å². The van der Waals surface area contributed by atoms with Crippen molar-refractivity contribution in [2.75, 3.05) is 0 Å². The maximum atomic E-state index is 8.97. The fraction of sp³-hybridized carbons (Fsp3) is 0.136. The highest BCUT2D eigenvalue weighted by Gasteiger charge is 2.01. The van der Waals surface area contributed by atoms with Gasteiger partial charge in [-0.1, -0.05) is 80.1 Å². The van der Waals surface area contributed by atoms with Crippen LogP contribution in [0, 0.1) is 18.3 Å². The molecule has 3 rings (SSSR count). The molecule has 0 aliphatic rings. The highest BCUT2D eigenvalue weighted by atomic mass is 14.2. The Morgan fingerprint density at radius 3 is 1.65 bits per heavy atom. The zero-order valence-corrected chi connectivity index (χ0v) is 13.9. The molecule has 23 heavy (non-hydrogen) atoms. The smallest absolute Gasteiger partial charge is 0.0991 e. The standard InChI is InChI=1S/C20H15N.C2H6/c1-15-5-7-17(8-6-15)18-9-11-19(12-10-18)20-4-2-3-16(13-20)14-21;1-2/h2-13H,1H3;1-2H3. The molecule has 0 saturated carbocycles. The Bertz CT molecular complexity index is 791. The summed E-state index contributed by atoms with van der Waals surface area (Å²) >= 11 is 0. The van der Waals surface area contributed by atoms with Crippen LogP contribution in [0.15, 0.2) is 72.8 Å². The van der Waals surface area contributed by atoms with Crippen molar-refractivity contribution < 1.29 is 0 Å². The molecule has 0 spiro atoms. The van der Waals surface area contributed by atoms with E-state index in [0.29, 0.717) is 5.56 Å². The second kappa shape index (κ2) is 7.96. The molecule has 3 aromatic rings. The third-order valence-electron chi connectivity index (χ3n) is 3.59. The molecule has 0 heterocycles. The lowest BCUT2D eigenvalue weighted by molar-refractivity contribution is 1.47. The van der Waals surface area contributed by atoms with Gasteiger partial charge in [-0.15, -0.1) is 0 Å². The average Bonchev–Trinajstić information content (AvgIpc) is 2.64. The quantitative estimate of drug-likeness (QED) is 0.550. The van der Waals surface area contributed by atoms with Gasteiger partial charge in [0.2, 0.25) is 0 Å². The number of hydrogen-bond donors (Lipinski definition) is 0. The van der Waals surface area contributed by atoms with Gasteiger partial charge in [-0.3, -0.25) is 0 Å². The Kier molecular flexibility index (Phi) is 5.72. The Hall–Kier alpha value is -2.85. The van der Waals surface area contributed by atoms with E-state index in [1.165, 1.54) is 16.7 Å². The van der Waals surface area contributed by atoms with Gasteiger partial charge in [0.05, 0.1) is 11.6 Å². The maximum absolute atomic E-state index is 8.97. The van der Waals surface area contributed by atoms with Crippen molar-refractivity contribution in [3.63, 3.8) is 0 Å². The zero-order valence-electron chi connectivity index (χ0n) is 13.9. The topological polar surface area (TPSA) is 23.8 Å². The molecule has 0 bridgehead atoms. The molecule has 0 aliphatic carbocycles. The molecule has 0 saturated heterocycles. The summed E-state index contributed by atoms with van der Waals surface area (Å²) < 4.78 is 0. The van der Waals surface area contributed by atoms with Crippen LogP contribution in [0.3, 0.4) is 0 Å². The Balaban J connectivity index is 0.000000924. The maximum Gasteiger partial charge on any atom is 0.0991 e. The van der Waals surface area contributed by atoms with E-state index in [1.54, 1.807) is 0 Å². The van der Waals surface area contributed by atoms with Crippen molar-refractivity contribution in [1.82, 2.24) is 0 Å². The molecule has 0 N–H and O–H groups in total. The number of nitrogens with zero attached hydrogens (tertiary/aromatic N) is 1. The van der Waals surface area contributed by atoms with Crippen molar-refractivity contribution in [1.29, 1.82) is 5.26 Å². The Labute approximate surface area is 138 Å². The van der Waals surface area contributed by atoms with Crippen LogP contribution in [0.1, 0.15) is 25.0 Å². The SMILES string of the molecule is CC.Cc1ccc(-c2ccc(-c3cccc(C#N)c3)cc2)cc1. The molecule has 3 aromatic carbocycles. The summed E-state index contributed by atoms with van der Waals surface area (Å²) in [7, 11) is 0. The van der Waals surface area contributed by atoms with Gasteiger partial charge in [-0.2, -0.15) is 5.26 Å². The molecule has 0 radical (unpaired) electrons. The van der Waals surface area contributed by atoms with E-state index in [-0.39, 0.29) is 0 Å². The predicted octanol–water partition coefficient (Wildman–Crippen LogP) is 6.23. The molecule has 0 aliphatic heterocycles. The summed E-state index contributed by atoms with van der Waals surface area (Å²) in [6.07, 6.45) is 0. The number of hydrogen-bond acceptors (Lipinski definition) is 1. The van der Waals surface area contributed by atoms with Crippen LogP contribution in [0.5, 0.6) is 0 Å². The van der Waals surface area contributed by atoms with Crippen LogP contribution in [0.2, 0.25) is 0 Å². The van der Waals surface area contributed by atoms with E-state index in [4.69, 9.17) is 5.26 Å². The normalized spacial score (nSPS) is 9.48. The van der Waals surface area contributed by atoms with Crippen LogP contribution < -0.4 is 0 Å². The van der Waals surface area contributed by atoms with E-state index in [2.05, 4.69) is 61.5 Å². The fourth-order valence-electron chi connectivity index (χ4n) is 2.37. The lowest BCUT2D eigenvalue weighted by Gasteiger charge is -2.06. The minimum absolute atomic E-state index is 0.690. The molecule has 1 heteroatoms. The minimum atomic E-state index is 0.690. The molecule has 0 amide bonds. The van der Waals surface area contributed by atoms with Gasteiger partial charge < -0.3 is 0 Å². The third kappa shape index (κ3) is 4.08. The van der Waals surface area contributed by atoms with Crippen LogP contribution in [0.25, 0.3) is 22.3 Å². The van der Waals surface area contributed by atoms with E-state index < -0.39 is 0 Å². The third-order valence-corrected chi connectivity index (χ3v) is 3.59. The Morgan fingerprint density at radius 1 is 0.652 bits per heavy atom. The summed E-state index contributed by atoms with van der Waals surface area (Å²) in [5.41, 5.74) is 6.58. The van der Waals surface area contributed by atoms with Gasteiger partial charge >= 0.3 is 0 Å². The summed E-state index contributed by atoms with van der Waals surface area (Å²) in [5, 5.41) is 8.97. The number of benzene rings is 3. The summed E-state index contributed by atoms with van der Waals surface area (Å²) in [5.74, 6) is 0. The fourth-order valence-corrected chi connectivity index (χ4v) is 2.37. The monoisotopic (exact) mass is 299 g/mol. The molecule has 0 aromatic heterocycles. The van der Waals surface area contributed by atoms with Crippen LogP contribution in [-0.4, -0.2) is 0 Å². The van der Waals surface area contributed by atoms with E-state index in [1.807, 2.05) is 38.1 Å². The Morgan fingerprint density at radius 2 is 1.13 bits per heavy atom. The van der Waals surface area contributed by atoms with Crippen molar-refractivity contribution in [3.8, 4) is 28.3 Å². The number of nitriles is 1. The molecule has 0 unspecified atom stereocenters. The van der Waals surface area contributed by atoms with Gasteiger partial charge in [0, 0.05) is 0 Å². The van der Waals surface area contributed by atoms with Crippen molar-refractivity contribution in [2.45, 2.75) is 20.8 Å². The number of rotatable bonds is 2. The molecular weight excluding hydrogens is 278 g/mol. The van der Waals surface area contributed by atoms with Gasteiger partial charge in [-0.25, -0.2) is 0 Å². The van der Waals surface area contributed by atoms with E-state index >= 15 is 0 Å². The summed E-state index contributed by atoms with van der Waals surface area (Å²) in [4.78, 5) is 0. The first-order chi connectivity index (χ1) is 11.3. The average molecular weight is 299 g/mol. The van der Waals surface area contributed by atoms with Gasteiger partial charge in [0.15, 0.2) is 0 Å². The first kappa shape index (κ1) is 16.5. The molecule has 0 fully saturated rings. The summed E-state index contributed by atoms with van der Waals surface area (Å²) in [6.45, 7) is 6.09. The largest absolute Gasteiger partial charge is 0.192 e. The van der Waals surface area contributed by atoms with Crippen LogP contribution in [-0.2, 0) is 0 Å². The van der Waals surface area contributed by atoms with E-state index in [9.17, 15) is 0 Å². The highest BCUT2D eigenvalue weighted by Crippen LogP contribution is 2.25. The van der Waals surface area contributed by atoms with Gasteiger partial charge in [0.25, 0.3) is 0 Å².